The molecule has 2 N–H and O–H groups in total. The van der Waals surface area contributed by atoms with Gasteiger partial charge >= 0.3 is 5.97 Å². The zero-order chi connectivity index (χ0) is 18.1. The van der Waals surface area contributed by atoms with E-state index >= 15 is 0 Å². The Morgan fingerprint density at radius 2 is 1.88 bits per heavy atom. The van der Waals surface area contributed by atoms with Crippen molar-refractivity contribution < 1.29 is 23.9 Å². The van der Waals surface area contributed by atoms with Gasteiger partial charge in [0.2, 0.25) is 11.7 Å². The molecule has 0 bridgehead atoms. The molecule has 1 aromatic heterocycles. The lowest BCUT2D eigenvalue weighted by Crippen LogP contribution is -2.13. The molecule has 1 heterocycles. The number of carboxylic acids is 1. The minimum Gasteiger partial charge on any atom is -0.475 e. The van der Waals surface area contributed by atoms with E-state index in [4.69, 9.17) is 9.52 Å². The van der Waals surface area contributed by atoms with Gasteiger partial charge in [-0.15, -0.1) is 0 Å². The second-order valence-electron chi connectivity index (χ2n) is 5.96. The van der Waals surface area contributed by atoms with E-state index in [-0.39, 0.29) is 17.5 Å². The molecule has 0 saturated heterocycles. The molecule has 1 aromatic carbocycles. The third-order valence-corrected chi connectivity index (χ3v) is 4.13. The normalized spacial score (nSPS) is 15.1. The SMILES string of the molecule is CC(=O)Nc1ccc(C=C2CCc3oc(C(=O)O)c(C)c3C2=O)cc1. The maximum Gasteiger partial charge on any atom is 0.372 e. The topological polar surface area (TPSA) is 96.6 Å². The highest BCUT2D eigenvalue weighted by Crippen LogP contribution is 2.32. The lowest BCUT2D eigenvalue weighted by Gasteiger charge is -2.13. The van der Waals surface area contributed by atoms with E-state index in [1.54, 1.807) is 25.1 Å². The number of amides is 1. The van der Waals surface area contributed by atoms with E-state index in [0.29, 0.717) is 41.0 Å². The standard InChI is InChI=1S/C19H17NO5/c1-10-16-15(25-18(10)19(23)24)8-5-13(17(16)22)9-12-3-6-14(7-4-12)20-11(2)21/h3-4,6-7,9H,5,8H2,1-2H3,(H,20,21)(H,23,24). The highest BCUT2D eigenvalue weighted by molar-refractivity contribution is 6.14. The number of Topliss-reactive ketones (excluding diaryl/α,β-unsaturated/α-hetero) is 1. The van der Waals surface area contributed by atoms with E-state index < -0.39 is 5.97 Å². The molecule has 25 heavy (non-hydrogen) atoms. The molecule has 3 rings (SSSR count). The zero-order valence-electron chi connectivity index (χ0n) is 13.9. The van der Waals surface area contributed by atoms with Crippen molar-refractivity contribution in [3.63, 3.8) is 0 Å². The molecule has 1 amide bonds. The fourth-order valence-corrected chi connectivity index (χ4v) is 2.98. The Hall–Kier alpha value is -3.15. The molecule has 6 nitrogen and oxygen atoms in total. The van der Waals surface area contributed by atoms with Gasteiger partial charge in [-0.2, -0.15) is 0 Å². The quantitative estimate of drug-likeness (QED) is 0.835. The van der Waals surface area contributed by atoms with Crippen molar-refractivity contribution in [3.8, 4) is 0 Å². The second kappa shape index (κ2) is 6.39. The monoisotopic (exact) mass is 339 g/mol. The summed E-state index contributed by atoms with van der Waals surface area (Å²) in [6.07, 6.45) is 2.77. The van der Waals surface area contributed by atoms with Crippen molar-refractivity contribution in [1.29, 1.82) is 0 Å². The first-order valence-corrected chi connectivity index (χ1v) is 7.85. The molecule has 0 aliphatic heterocycles. The van der Waals surface area contributed by atoms with Gasteiger partial charge in [0.1, 0.15) is 5.76 Å². The van der Waals surface area contributed by atoms with Gasteiger partial charge < -0.3 is 14.8 Å². The number of allylic oxidation sites excluding steroid dienone is 1. The van der Waals surface area contributed by atoms with Gasteiger partial charge in [0.05, 0.1) is 5.56 Å². The molecule has 128 valence electrons. The number of hydrogen-bond acceptors (Lipinski definition) is 4. The Morgan fingerprint density at radius 1 is 1.20 bits per heavy atom. The van der Waals surface area contributed by atoms with Gasteiger partial charge in [0.15, 0.2) is 5.78 Å². The Morgan fingerprint density at radius 3 is 2.48 bits per heavy atom. The number of nitrogens with one attached hydrogen (secondary N) is 1. The molecule has 6 heteroatoms. The van der Waals surface area contributed by atoms with E-state index in [2.05, 4.69) is 5.32 Å². The lowest BCUT2D eigenvalue weighted by atomic mass is 9.88. The number of fused-ring (bicyclic) bond motifs is 1. The van der Waals surface area contributed by atoms with Crippen LogP contribution in [0, 0.1) is 6.92 Å². The van der Waals surface area contributed by atoms with Crippen LogP contribution < -0.4 is 5.32 Å². The minimum absolute atomic E-state index is 0.147. The predicted molar refractivity (Wildman–Crippen MR) is 91.8 cm³/mol. The number of anilines is 1. The Kier molecular flexibility index (Phi) is 4.27. The Bertz CT molecular complexity index is 903. The van der Waals surface area contributed by atoms with Crippen LogP contribution in [0.1, 0.15) is 51.1 Å². The van der Waals surface area contributed by atoms with Gasteiger partial charge in [-0.3, -0.25) is 9.59 Å². The summed E-state index contributed by atoms with van der Waals surface area (Å²) in [5.74, 6) is -1.23. The number of furan rings is 1. The van der Waals surface area contributed by atoms with Crippen molar-refractivity contribution in [1.82, 2.24) is 0 Å². The average molecular weight is 339 g/mol. The summed E-state index contributed by atoms with van der Waals surface area (Å²) in [5, 5.41) is 11.8. The van der Waals surface area contributed by atoms with Crippen LogP contribution in [0.25, 0.3) is 6.08 Å². The predicted octanol–water partition coefficient (Wildman–Crippen LogP) is 3.46. The van der Waals surface area contributed by atoms with Crippen LogP contribution in [0.3, 0.4) is 0 Å². The summed E-state index contributed by atoms with van der Waals surface area (Å²) in [4.78, 5) is 34.9. The maximum atomic E-state index is 12.7. The van der Waals surface area contributed by atoms with E-state index in [9.17, 15) is 14.4 Å². The van der Waals surface area contributed by atoms with Crippen LogP contribution in [0.15, 0.2) is 34.3 Å². The summed E-state index contributed by atoms with van der Waals surface area (Å²) in [7, 11) is 0. The van der Waals surface area contributed by atoms with Crippen molar-refractivity contribution in [3.05, 3.63) is 58.0 Å². The smallest absolute Gasteiger partial charge is 0.372 e. The summed E-state index contributed by atoms with van der Waals surface area (Å²) < 4.78 is 5.33. The van der Waals surface area contributed by atoms with Gasteiger partial charge in [0.25, 0.3) is 0 Å². The number of carboxylic acid groups (broad SMARTS) is 1. The number of carbonyl (C=O) groups excluding carboxylic acids is 2. The number of hydrogen-bond donors (Lipinski definition) is 2. The Labute approximate surface area is 144 Å². The van der Waals surface area contributed by atoms with Crippen LogP contribution in [0.2, 0.25) is 0 Å². The highest BCUT2D eigenvalue weighted by Gasteiger charge is 2.31. The molecule has 0 radical (unpaired) electrons. The largest absolute Gasteiger partial charge is 0.475 e. The zero-order valence-corrected chi connectivity index (χ0v) is 13.9. The molecular formula is C19H17NO5. The fourth-order valence-electron chi connectivity index (χ4n) is 2.98. The minimum atomic E-state index is -1.17. The number of aryl methyl sites for hydroxylation is 1. The van der Waals surface area contributed by atoms with Crippen molar-refractivity contribution >= 4 is 29.4 Å². The maximum absolute atomic E-state index is 12.7. The molecular weight excluding hydrogens is 322 g/mol. The van der Waals surface area contributed by atoms with E-state index in [0.717, 1.165) is 5.56 Å². The third kappa shape index (κ3) is 3.24. The molecule has 0 fully saturated rings. The molecule has 1 aliphatic rings. The average Bonchev–Trinajstić information content (AvgIpc) is 2.89. The number of aromatic carboxylic acids is 1. The number of carbonyl (C=O) groups is 3. The van der Waals surface area contributed by atoms with E-state index in [1.165, 1.54) is 6.92 Å². The molecule has 1 aliphatic carbocycles. The Balaban J connectivity index is 1.89. The first-order valence-electron chi connectivity index (χ1n) is 7.85. The summed E-state index contributed by atoms with van der Waals surface area (Å²) in [5.41, 5.74) is 2.87. The van der Waals surface area contributed by atoms with Crippen molar-refractivity contribution in [2.45, 2.75) is 26.7 Å². The second-order valence-corrected chi connectivity index (χ2v) is 5.96. The number of rotatable bonds is 3. The number of benzene rings is 1. The summed E-state index contributed by atoms with van der Waals surface area (Å²) >= 11 is 0. The third-order valence-electron chi connectivity index (χ3n) is 4.13. The van der Waals surface area contributed by atoms with Crippen molar-refractivity contribution in [2.24, 2.45) is 0 Å². The van der Waals surface area contributed by atoms with Crippen LogP contribution >= 0.6 is 0 Å². The summed E-state index contributed by atoms with van der Waals surface area (Å²) in [6.45, 7) is 3.03. The molecule has 0 atom stereocenters. The van der Waals surface area contributed by atoms with E-state index in [1.807, 2.05) is 12.1 Å². The molecule has 2 aromatic rings. The molecule has 0 unspecified atom stereocenters. The highest BCUT2D eigenvalue weighted by atomic mass is 16.4. The fraction of sp³-hybridized carbons (Fsp3) is 0.211. The van der Waals surface area contributed by atoms with Gasteiger partial charge in [0, 0.05) is 30.2 Å². The first-order chi connectivity index (χ1) is 11.9. The van der Waals surface area contributed by atoms with Gasteiger partial charge in [-0.05, 0) is 37.1 Å². The molecule has 0 spiro atoms. The van der Waals surface area contributed by atoms with Gasteiger partial charge in [-0.25, -0.2) is 4.79 Å². The first kappa shape index (κ1) is 16.7. The van der Waals surface area contributed by atoms with Crippen LogP contribution in [0.4, 0.5) is 5.69 Å². The molecule has 0 saturated carbocycles. The number of ketones is 1. The lowest BCUT2D eigenvalue weighted by molar-refractivity contribution is -0.114. The van der Waals surface area contributed by atoms with Crippen LogP contribution in [-0.2, 0) is 11.2 Å². The summed E-state index contributed by atoms with van der Waals surface area (Å²) in [6, 6.07) is 7.15. The van der Waals surface area contributed by atoms with Crippen molar-refractivity contribution in [2.75, 3.05) is 5.32 Å². The van der Waals surface area contributed by atoms with Gasteiger partial charge in [-0.1, -0.05) is 12.1 Å². The van der Waals surface area contributed by atoms with Crippen LogP contribution in [-0.4, -0.2) is 22.8 Å². The van der Waals surface area contributed by atoms with Crippen LogP contribution in [0.5, 0.6) is 0 Å².